The average Bonchev–Trinajstić information content (AvgIpc) is 2.33. The van der Waals surface area contributed by atoms with Crippen LogP contribution in [0.4, 0.5) is 0 Å². The number of aliphatic hydroxyl groups is 1. The Labute approximate surface area is 123 Å². The van der Waals surface area contributed by atoms with Crippen LogP contribution in [0.25, 0.3) is 0 Å². The molecule has 0 aromatic heterocycles. The highest BCUT2D eigenvalue weighted by molar-refractivity contribution is 7.88. The normalized spacial score (nSPS) is 40.7. The lowest BCUT2D eigenvalue weighted by Crippen LogP contribution is -2.47. The minimum Gasteiger partial charge on any atom is -0.390 e. The van der Waals surface area contributed by atoms with E-state index in [4.69, 9.17) is 0 Å². The van der Waals surface area contributed by atoms with Gasteiger partial charge in [0, 0.05) is 13.1 Å². The summed E-state index contributed by atoms with van der Waals surface area (Å²) in [5, 5.41) is 11.0. The summed E-state index contributed by atoms with van der Waals surface area (Å²) in [6, 6.07) is 0. The molecule has 0 spiro atoms. The van der Waals surface area contributed by atoms with E-state index >= 15 is 0 Å². The van der Waals surface area contributed by atoms with Crippen molar-refractivity contribution in [1.82, 2.24) is 4.31 Å². The zero-order valence-electron chi connectivity index (χ0n) is 13.0. The number of rotatable bonds is 3. The minimum absolute atomic E-state index is 0.302. The van der Waals surface area contributed by atoms with Gasteiger partial charge in [0.25, 0.3) is 0 Å². The Morgan fingerprint density at radius 1 is 1.25 bits per heavy atom. The van der Waals surface area contributed by atoms with Crippen molar-refractivity contribution in [2.75, 3.05) is 19.3 Å². The molecule has 20 heavy (non-hydrogen) atoms. The van der Waals surface area contributed by atoms with Crippen molar-refractivity contribution < 1.29 is 13.5 Å². The molecule has 0 radical (unpaired) electrons. The molecule has 118 valence electrons. The maximum atomic E-state index is 11.7. The molecule has 2 fully saturated rings. The first-order chi connectivity index (χ1) is 9.21. The average molecular weight is 303 g/mol. The van der Waals surface area contributed by atoms with E-state index in [1.807, 2.05) is 0 Å². The van der Waals surface area contributed by atoms with Gasteiger partial charge in [-0.05, 0) is 49.9 Å². The van der Waals surface area contributed by atoms with Crippen LogP contribution in [0.2, 0.25) is 0 Å². The van der Waals surface area contributed by atoms with Crippen LogP contribution >= 0.6 is 0 Å². The number of hydrogen-bond donors (Lipinski definition) is 1. The summed E-state index contributed by atoms with van der Waals surface area (Å²) < 4.78 is 25.0. The first-order valence-electron chi connectivity index (χ1n) is 7.88. The SMILES string of the molecule is CC1CCC(C)C(O)(CC2CCCN(S(C)(=O)=O)C2)C1. The number of hydrogen-bond acceptors (Lipinski definition) is 3. The van der Waals surface area contributed by atoms with Crippen LogP contribution in [0, 0.1) is 17.8 Å². The third-order valence-corrected chi connectivity index (χ3v) is 6.57. The van der Waals surface area contributed by atoms with Gasteiger partial charge in [-0.1, -0.05) is 20.3 Å². The van der Waals surface area contributed by atoms with Gasteiger partial charge in [-0.2, -0.15) is 0 Å². The predicted octanol–water partition coefficient (Wildman–Crippen LogP) is 2.24. The molecule has 1 heterocycles. The fourth-order valence-electron chi connectivity index (χ4n) is 3.99. The highest BCUT2D eigenvalue weighted by Crippen LogP contribution is 2.42. The summed E-state index contributed by atoms with van der Waals surface area (Å²) in [7, 11) is -3.09. The number of nitrogens with zero attached hydrogens (tertiary/aromatic N) is 1. The molecular formula is C15H29NO3S. The monoisotopic (exact) mass is 303 g/mol. The summed E-state index contributed by atoms with van der Waals surface area (Å²) in [4.78, 5) is 0. The van der Waals surface area contributed by atoms with Crippen molar-refractivity contribution in [3.63, 3.8) is 0 Å². The van der Waals surface area contributed by atoms with Crippen molar-refractivity contribution in [2.45, 2.75) is 58.0 Å². The fourth-order valence-corrected chi connectivity index (χ4v) is 4.93. The maximum absolute atomic E-state index is 11.7. The van der Waals surface area contributed by atoms with Crippen molar-refractivity contribution in [3.8, 4) is 0 Å². The second-order valence-electron chi connectivity index (χ2n) is 7.22. The largest absolute Gasteiger partial charge is 0.390 e. The van der Waals surface area contributed by atoms with Gasteiger partial charge < -0.3 is 5.11 Å². The summed E-state index contributed by atoms with van der Waals surface area (Å²) in [6.07, 6.45) is 7.14. The number of piperidine rings is 1. The fraction of sp³-hybridized carbons (Fsp3) is 1.00. The lowest BCUT2D eigenvalue weighted by molar-refractivity contribution is -0.0772. The zero-order valence-corrected chi connectivity index (χ0v) is 13.8. The quantitative estimate of drug-likeness (QED) is 0.870. The van der Waals surface area contributed by atoms with E-state index < -0.39 is 15.6 Å². The molecule has 5 heteroatoms. The molecule has 1 aliphatic carbocycles. The van der Waals surface area contributed by atoms with Crippen LogP contribution in [-0.4, -0.2) is 42.8 Å². The van der Waals surface area contributed by atoms with Crippen molar-refractivity contribution in [1.29, 1.82) is 0 Å². The van der Waals surface area contributed by atoms with Crippen LogP contribution in [0.15, 0.2) is 0 Å². The van der Waals surface area contributed by atoms with Crippen molar-refractivity contribution in [2.24, 2.45) is 17.8 Å². The Morgan fingerprint density at radius 2 is 1.95 bits per heavy atom. The van der Waals surface area contributed by atoms with Crippen LogP contribution in [0.1, 0.15) is 52.4 Å². The second-order valence-corrected chi connectivity index (χ2v) is 9.21. The van der Waals surface area contributed by atoms with Crippen LogP contribution < -0.4 is 0 Å². The molecule has 0 aromatic rings. The highest BCUT2D eigenvalue weighted by Gasteiger charge is 2.41. The van der Waals surface area contributed by atoms with E-state index in [-0.39, 0.29) is 0 Å². The lowest BCUT2D eigenvalue weighted by atomic mass is 9.68. The highest BCUT2D eigenvalue weighted by atomic mass is 32.2. The molecule has 1 aliphatic heterocycles. The third-order valence-electron chi connectivity index (χ3n) is 5.30. The van der Waals surface area contributed by atoms with Gasteiger partial charge in [-0.3, -0.25) is 0 Å². The molecule has 4 atom stereocenters. The van der Waals surface area contributed by atoms with Crippen LogP contribution in [-0.2, 0) is 10.0 Å². The summed E-state index contributed by atoms with van der Waals surface area (Å²) in [5.41, 5.74) is -0.594. The van der Waals surface area contributed by atoms with Gasteiger partial charge in [-0.15, -0.1) is 0 Å². The summed E-state index contributed by atoms with van der Waals surface area (Å²) >= 11 is 0. The zero-order chi connectivity index (χ0) is 15.0. The van der Waals surface area contributed by atoms with Crippen LogP contribution in [0.3, 0.4) is 0 Å². The van der Waals surface area contributed by atoms with E-state index in [0.29, 0.717) is 30.8 Å². The van der Waals surface area contributed by atoms with E-state index in [2.05, 4.69) is 13.8 Å². The van der Waals surface area contributed by atoms with E-state index in [1.54, 1.807) is 4.31 Å². The summed E-state index contributed by atoms with van der Waals surface area (Å²) in [6.45, 7) is 5.57. The first kappa shape index (κ1) is 16.2. The Morgan fingerprint density at radius 3 is 2.60 bits per heavy atom. The molecule has 1 saturated heterocycles. The Kier molecular flexibility index (Phi) is 4.82. The predicted molar refractivity (Wildman–Crippen MR) is 80.9 cm³/mol. The van der Waals surface area contributed by atoms with E-state index in [9.17, 15) is 13.5 Å². The standard InChI is InChI=1S/C15H29NO3S/c1-12-6-7-13(2)15(17,9-12)10-14-5-4-8-16(11-14)20(3,18)19/h12-14,17H,4-11H2,1-3H3. The first-order valence-corrected chi connectivity index (χ1v) is 9.73. The van der Waals surface area contributed by atoms with Gasteiger partial charge in [0.2, 0.25) is 10.0 Å². The third kappa shape index (κ3) is 3.74. The van der Waals surface area contributed by atoms with Crippen molar-refractivity contribution >= 4 is 10.0 Å². The molecule has 1 N–H and O–H groups in total. The molecular weight excluding hydrogens is 274 g/mol. The van der Waals surface area contributed by atoms with Crippen LogP contribution in [0.5, 0.6) is 0 Å². The van der Waals surface area contributed by atoms with Gasteiger partial charge in [0.05, 0.1) is 11.9 Å². The topological polar surface area (TPSA) is 57.6 Å². The molecule has 0 bridgehead atoms. The molecule has 4 unspecified atom stereocenters. The molecule has 1 saturated carbocycles. The molecule has 4 nitrogen and oxygen atoms in total. The lowest BCUT2D eigenvalue weighted by Gasteiger charge is -2.44. The van der Waals surface area contributed by atoms with E-state index in [1.165, 1.54) is 12.7 Å². The Balaban J connectivity index is 2.01. The van der Waals surface area contributed by atoms with Gasteiger partial charge >= 0.3 is 0 Å². The molecule has 0 amide bonds. The van der Waals surface area contributed by atoms with Crippen molar-refractivity contribution in [3.05, 3.63) is 0 Å². The summed E-state index contributed by atoms with van der Waals surface area (Å²) in [5.74, 6) is 1.20. The minimum atomic E-state index is -3.09. The Bertz CT molecular complexity index is 436. The van der Waals surface area contributed by atoms with E-state index in [0.717, 1.165) is 32.1 Å². The van der Waals surface area contributed by atoms with Gasteiger partial charge in [0.15, 0.2) is 0 Å². The molecule has 2 rings (SSSR count). The van der Waals surface area contributed by atoms with Gasteiger partial charge in [-0.25, -0.2) is 12.7 Å². The second kappa shape index (κ2) is 5.93. The maximum Gasteiger partial charge on any atom is 0.211 e. The molecule has 0 aromatic carbocycles. The molecule has 2 aliphatic rings. The van der Waals surface area contributed by atoms with Gasteiger partial charge in [0.1, 0.15) is 0 Å². The smallest absolute Gasteiger partial charge is 0.211 e. The Hall–Kier alpha value is -0.130. The number of sulfonamides is 1.